The minimum absolute atomic E-state index is 0.0637. The molecule has 0 aromatic rings. The summed E-state index contributed by atoms with van der Waals surface area (Å²) in [5.74, 6) is 1.22. The Labute approximate surface area is 132 Å². The average molecular weight is 339 g/mol. The fourth-order valence-corrected chi connectivity index (χ4v) is 2.35. The zero-order chi connectivity index (χ0) is 16.7. The maximum absolute atomic E-state index is 11.4. The number of rotatable bonds is 10. The maximum Gasteiger partial charge on any atom is 0.766 e. The van der Waals surface area contributed by atoms with Crippen LogP contribution in [0.2, 0.25) is 0 Å². The van der Waals surface area contributed by atoms with Crippen LogP contribution in [0.1, 0.15) is 26.7 Å². The zero-order valence-electron chi connectivity index (χ0n) is 13.1. The third-order valence-corrected chi connectivity index (χ3v) is 4.21. The Morgan fingerprint density at radius 1 is 1.33 bits per heavy atom. The Bertz CT molecular complexity index is 312. The Morgan fingerprint density at radius 3 is 2.29 bits per heavy atom. The molecular weight excluding hydrogens is 312 g/mol. The molecule has 124 valence electrons. The number of unbranched alkanes of at least 4 members (excludes halogenated alkanes) is 1. The van der Waals surface area contributed by atoms with Gasteiger partial charge in [-0.15, -0.1) is 0 Å². The highest BCUT2D eigenvalue weighted by Crippen LogP contribution is 2.10. The van der Waals surface area contributed by atoms with Gasteiger partial charge in [0.2, 0.25) is 11.8 Å². The van der Waals surface area contributed by atoms with E-state index < -0.39 is 15.1 Å². The molecule has 0 heterocycles. The molecule has 2 amide bonds. The van der Waals surface area contributed by atoms with Gasteiger partial charge in [-0.05, 0) is 12.2 Å². The van der Waals surface area contributed by atoms with Crippen LogP contribution >= 0.6 is 11.8 Å². The van der Waals surface area contributed by atoms with Crippen LogP contribution in [-0.2, 0) is 22.9 Å². The molecule has 0 aliphatic heterocycles. The molecule has 0 aliphatic rings. The standard InChI is InChI=1S/C10H20N2O2S.C2H6O3Si/c1-3-4-5-15-7-8(2)10(14)12-6-9(11)13;1-4-6(3)5-2/h8H,3-7H2,1-2H3,(H2,11,13)(H,12,14);1-2H3. The second kappa shape index (κ2) is 15.3. The SMILES string of the molecule is CCCCSCC(C)C(=O)NCC(N)=O.CO[Si](=O)OC. The van der Waals surface area contributed by atoms with Crippen molar-refractivity contribution in [2.24, 2.45) is 11.7 Å². The number of thioether (sulfide) groups is 1. The molecule has 0 radical (unpaired) electrons. The predicted octanol–water partition coefficient (Wildman–Crippen LogP) is 0.452. The van der Waals surface area contributed by atoms with Gasteiger partial charge < -0.3 is 19.9 Å². The lowest BCUT2D eigenvalue weighted by atomic mass is 10.2. The highest BCUT2D eigenvalue weighted by atomic mass is 32.2. The summed E-state index contributed by atoms with van der Waals surface area (Å²) in [6.45, 7) is 3.93. The fourth-order valence-electron chi connectivity index (χ4n) is 1.01. The third-order valence-electron chi connectivity index (χ3n) is 2.23. The van der Waals surface area contributed by atoms with Crippen LogP contribution in [0.25, 0.3) is 0 Å². The predicted molar refractivity (Wildman–Crippen MR) is 84.1 cm³/mol. The Morgan fingerprint density at radius 2 is 1.90 bits per heavy atom. The average Bonchev–Trinajstić information content (AvgIpc) is 2.48. The van der Waals surface area contributed by atoms with Crippen LogP contribution in [0, 0.1) is 5.92 Å². The van der Waals surface area contributed by atoms with Crippen molar-refractivity contribution in [3.05, 3.63) is 0 Å². The molecule has 0 aromatic heterocycles. The van der Waals surface area contributed by atoms with Gasteiger partial charge in [-0.2, -0.15) is 11.8 Å². The van der Waals surface area contributed by atoms with Crippen LogP contribution in [0.15, 0.2) is 0 Å². The monoisotopic (exact) mass is 338 g/mol. The minimum Gasteiger partial charge on any atom is -0.499 e. The molecule has 21 heavy (non-hydrogen) atoms. The van der Waals surface area contributed by atoms with Gasteiger partial charge in [-0.3, -0.25) is 14.1 Å². The van der Waals surface area contributed by atoms with Crippen molar-refractivity contribution < 1.29 is 22.9 Å². The number of amides is 2. The van der Waals surface area contributed by atoms with Crippen LogP contribution in [0.3, 0.4) is 0 Å². The molecule has 1 atom stereocenters. The number of hydrogen-bond donors (Lipinski definition) is 2. The Hall–Kier alpha value is -1.09. The molecule has 0 aliphatic carbocycles. The first-order chi connectivity index (χ1) is 9.88. The number of nitrogens with two attached hydrogens (primary N) is 1. The molecule has 0 saturated heterocycles. The van der Waals surface area contributed by atoms with Crippen LogP contribution in [0.4, 0.5) is 0 Å². The number of primary amides is 1. The first kappa shape index (κ1) is 22.2. The maximum atomic E-state index is 11.4. The van der Waals surface area contributed by atoms with E-state index in [-0.39, 0.29) is 18.4 Å². The fraction of sp³-hybridized carbons (Fsp3) is 0.833. The van der Waals surface area contributed by atoms with Crippen LogP contribution < -0.4 is 11.1 Å². The van der Waals surface area contributed by atoms with Crippen molar-refractivity contribution >= 4 is 32.7 Å². The summed E-state index contributed by atoms with van der Waals surface area (Å²) in [6, 6.07) is 0. The van der Waals surface area contributed by atoms with Gasteiger partial charge >= 0.3 is 9.17 Å². The highest BCUT2D eigenvalue weighted by Gasteiger charge is 2.12. The molecule has 1 unspecified atom stereocenters. The summed E-state index contributed by atoms with van der Waals surface area (Å²) in [4.78, 5) is 21.8. The van der Waals surface area contributed by atoms with Crippen LogP contribution in [-0.4, -0.2) is 53.3 Å². The first-order valence-corrected chi connectivity index (χ1v) is 9.02. The van der Waals surface area contributed by atoms with E-state index in [0.717, 1.165) is 11.5 Å². The van der Waals surface area contributed by atoms with Crippen molar-refractivity contribution in [1.29, 1.82) is 0 Å². The second-order valence-electron chi connectivity index (χ2n) is 4.17. The van der Waals surface area contributed by atoms with Crippen molar-refractivity contribution in [2.45, 2.75) is 26.7 Å². The van der Waals surface area contributed by atoms with Gasteiger partial charge in [0, 0.05) is 11.7 Å². The topological polar surface area (TPSA) is 108 Å². The number of carbonyl (C=O) groups is 2. The molecule has 7 nitrogen and oxygen atoms in total. The molecule has 9 heteroatoms. The molecule has 0 aromatic carbocycles. The quantitative estimate of drug-likeness (QED) is 0.442. The molecular formula is C12H26N2O5SSi. The molecule has 0 rings (SSSR count). The van der Waals surface area contributed by atoms with E-state index in [4.69, 9.17) is 5.73 Å². The summed E-state index contributed by atoms with van der Waals surface area (Å²) in [5, 5.41) is 2.50. The molecule has 0 fully saturated rings. The van der Waals surface area contributed by atoms with Gasteiger partial charge in [0.25, 0.3) is 0 Å². The molecule has 0 saturated carbocycles. The van der Waals surface area contributed by atoms with E-state index in [1.165, 1.54) is 27.1 Å². The number of carbonyl (C=O) groups excluding carboxylic acids is 2. The van der Waals surface area contributed by atoms with E-state index in [1.807, 2.05) is 6.92 Å². The van der Waals surface area contributed by atoms with Gasteiger partial charge in [0.1, 0.15) is 0 Å². The normalized spacial score (nSPS) is 10.7. The Kier molecular flexibility index (Phi) is 16.2. The highest BCUT2D eigenvalue weighted by molar-refractivity contribution is 7.99. The zero-order valence-corrected chi connectivity index (χ0v) is 15.0. The van der Waals surface area contributed by atoms with Gasteiger partial charge in [0.05, 0.1) is 20.8 Å². The van der Waals surface area contributed by atoms with Gasteiger partial charge in [0.15, 0.2) is 0 Å². The lowest BCUT2D eigenvalue weighted by Gasteiger charge is -2.10. The van der Waals surface area contributed by atoms with E-state index in [0.29, 0.717) is 0 Å². The molecule has 0 bridgehead atoms. The summed E-state index contributed by atoms with van der Waals surface area (Å²) < 4.78 is 18.4. The lowest BCUT2D eigenvalue weighted by molar-refractivity contribution is -0.126. The third kappa shape index (κ3) is 16.9. The van der Waals surface area contributed by atoms with E-state index in [2.05, 4.69) is 21.1 Å². The van der Waals surface area contributed by atoms with Crippen LogP contribution in [0.5, 0.6) is 0 Å². The summed E-state index contributed by atoms with van der Waals surface area (Å²) in [6.07, 6.45) is 2.36. The van der Waals surface area contributed by atoms with Crippen molar-refractivity contribution in [1.82, 2.24) is 5.32 Å². The minimum atomic E-state index is -2.12. The lowest BCUT2D eigenvalue weighted by Crippen LogP contribution is -2.37. The summed E-state index contributed by atoms with van der Waals surface area (Å²) in [5.41, 5.74) is 4.92. The first-order valence-electron chi connectivity index (χ1n) is 6.64. The summed E-state index contributed by atoms with van der Waals surface area (Å²) >= 11 is 1.77. The molecule has 0 spiro atoms. The van der Waals surface area contributed by atoms with Gasteiger partial charge in [-0.1, -0.05) is 20.3 Å². The number of nitrogens with one attached hydrogen (secondary N) is 1. The number of hydrogen-bond acceptors (Lipinski definition) is 6. The smallest absolute Gasteiger partial charge is 0.499 e. The van der Waals surface area contributed by atoms with Crippen molar-refractivity contribution in [3.8, 4) is 0 Å². The Balaban J connectivity index is 0. The largest absolute Gasteiger partial charge is 0.766 e. The van der Waals surface area contributed by atoms with Crippen molar-refractivity contribution in [3.63, 3.8) is 0 Å². The van der Waals surface area contributed by atoms with E-state index >= 15 is 0 Å². The second-order valence-corrected chi connectivity index (χ2v) is 6.64. The van der Waals surface area contributed by atoms with Gasteiger partial charge in [-0.25, -0.2) is 0 Å². The van der Waals surface area contributed by atoms with Crippen molar-refractivity contribution in [2.75, 3.05) is 32.3 Å². The van der Waals surface area contributed by atoms with E-state index in [1.54, 1.807) is 11.8 Å². The molecule has 3 N–H and O–H groups in total. The van der Waals surface area contributed by atoms with E-state index in [9.17, 15) is 14.1 Å². The summed E-state index contributed by atoms with van der Waals surface area (Å²) in [7, 11) is 0.558.